The number of nitrogens with zero attached hydrogens (tertiary/aromatic N) is 1. The number of hydrogen-bond acceptors (Lipinski definition) is 4. The highest BCUT2D eigenvalue weighted by atomic mass is 32.1. The van der Waals surface area contributed by atoms with E-state index in [0.717, 1.165) is 24.6 Å². The SMILES string of the molecule is CC(NCc1ccc2c(c1)CNC2)c1nccs1. The van der Waals surface area contributed by atoms with Crippen LogP contribution in [0.25, 0.3) is 0 Å². The zero-order valence-corrected chi connectivity index (χ0v) is 11.3. The molecule has 0 amide bonds. The molecule has 1 atom stereocenters. The van der Waals surface area contributed by atoms with E-state index >= 15 is 0 Å². The zero-order chi connectivity index (χ0) is 12.4. The molecule has 2 N–H and O–H groups in total. The van der Waals surface area contributed by atoms with Gasteiger partial charge >= 0.3 is 0 Å². The van der Waals surface area contributed by atoms with Gasteiger partial charge in [-0.3, -0.25) is 0 Å². The number of nitrogens with one attached hydrogen (secondary N) is 2. The van der Waals surface area contributed by atoms with Crippen LogP contribution in [0.4, 0.5) is 0 Å². The van der Waals surface area contributed by atoms with Crippen LogP contribution in [0.1, 0.15) is 34.7 Å². The summed E-state index contributed by atoms with van der Waals surface area (Å²) in [5.74, 6) is 0. The average molecular weight is 259 g/mol. The Morgan fingerprint density at radius 2 is 2.28 bits per heavy atom. The fourth-order valence-corrected chi connectivity index (χ4v) is 2.93. The van der Waals surface area contributed by atoms with E-state index in [2.05, 4.69) is 40.7 Å². The quantitative estimate of drug-likeness (QED) is 0.886. The molecule has 0 spiro atoms. The van der Waals surface area contributed by atoms with Gasteiger partial charge in [0, 0.05) is 31.2 Å². The molecule has 1 aliphatic rings. The second-order valence-corrected chi connectivity index (χ2v) is 5.61. The molecule has 18 heavy (non-hydrogen) atoms. The summed E-state index contributed by atoms with van der Waals surface area (Å²) in [6.07, 6.45) is 1.86. The van der Waals surface area contributed by atoms with Crippen LogP contribution in [-0.4, -0.2) is 4.98 Å². The number of hydrogen-bond donors (Lipinski definition) is 2. The summed E-state index contributed by atoms with van der Waals surface area (Å²) in [6.45, 7) is 5.07. The monoisotopic (exact) mass is 259 g/mol. The van der Waals surface area contributed by atoms with Gasteiger partial charge in [-0.15, -0.1) is 11.3 Å². The highest BCUT2D eigenvalue weighted by molar-refractivity contribution is 7.09. The predicted octanol–water partition coefficient (Wildman–Crippen LogP) is 2.60. The summed E-state index contributed by atoms with van der Waals surface area (Å²) in [5.41, 5.74) is 4.23. The lowest BCUT2D eigenvalue weighted by atomic mass is 10.1. The van der Waals surface area contributed by atoms with Gasteiger partial charge in [-0.1, -0.05) is 18.2 Å². The van der Waals surface area contributed by atoms with E-state index < -0.39 is 0 Å². The van der Waals surface area contributed by atoms with Crippen molar-refractivity contribution in [2.24, 2.45) is 0 Å². The largest absolute Gasteiger partial charge is 0.309 e. The van der Waals surface area contributed by atoms with Crippen LogP contribution in [0.15, 0.2) is 29.8 Å². The average Bonchev–Trinajstić information content (AvgIpc) is 3.05. The topological polar surface area (TPSA) is 37.0 Å². The molecule has 0 saturated heterocycles. The summed E-state index contributed by atoms with van der Waals surface area (Å²) < 4.78 is 0. The summed E-state index contributed by atoms with van der Waals surface area (Å²) in [5, 5.41) is 10.1. The first-order valence-electron chi connectivity index (χ1n) is 6.27. The zero-order valence-electron chi connectivity index (χ0n) is 10.4. The van der Waals surface area contributed by atoms with Gasteiger partial charge in [-0.05, 0) is 23.6 Å². The van der Waals surface area contributed by atoms with Crippen molar-refractivity contribution in [2.45, 2.75) is 32.6 Å². The summed E-state index contributed by atoms with van der Waals surface area (Å²) in [6, 6.07) is 7.07. The highest BCUT2D eigenvalue weighted by Crippen LogP contribution is 2.19. The third-order valence-corrected chi connectivity index (χ3v) is 4.29. The van der Waals surface area contributed by atoms with Crippen molar-refractivity contribution in [3.8, 4) is 0 Å². The van der Waals surface area contributed by atoms with Crippen LogP contribution in [0, 0.1) is 0 Å². The van der Waals surface area contributed by atoms with Crippen LogP contribution < -0.4 is 10.6 Å². The van der Waals surface area contributed by atoms with Gasteiger partial charge in [0.1, 0.15) is 5.01 Å². The van der Waals surface area contributed by atoms with Gasteiger partial charge in [-0.2, -0.15) is 0 Å². The molecule has 0 bridgehead atoms. The molecular weight excluding hydrogens is 242 g/mol. The number of thiazole rings is 1. The van der Waals surface area contributed by atoms with Crippen molar-refractivity contribution >= 4 is 11.3 Å². The molecule has 2 heterocycles. The molecule has 3 nitrogen and oxygen atoms in total. The molecule has 2 aromatic rings. The minimum Gasteiger partial charge on any atom is -0.309 e. The van der Waals surface area contributed by atoms with Crippen LogP contribution in [0.2, 0.25) is 0 Å². The molecule has 0 aliphatic carbocycles. The Morgan fingerprint density at radius 1 is 1.39 bits per heavy atom. The number of benzene rings is 1. The lowest BCUT2D eigenvalue weighted by Crippen LogP contribution is -2.17. The second kappa shape index (κ2) is 5.18. The first-order chi connectivity index (χ1) is 8.83. The Kier molecular flexibility index (Phi) is 3.41. The van der Waals surface area contributed by atoms with Gasteiger partial charge in [-0.25, -0.2) is 4.98 Å². The number of rotatable bonds is 4. The molecule has 0 radical (unpaired) electrons. The van der Waals surface area contributed by atoms with Crippen molar-refractivity contribution in [3.63, 3.8) is 0 Å². The lowest BCUT2D eigenvalue weighted by molar-refractivity contribution is 0.571. The van der Waals surface area contributed by atoms with Crippen molar-refractivity contribution in [3.05, 3.63) is 51.5 Å². The Labute approximate surface area is 111 Å². The van der Waals surface area contributed by atoms with Crippen LogP contribution in [0.3, 0.4) is 0 Å². The third-order valence-electron chi connectivity index (χ3n) is 3.34. The molecule has 1 aromatic heterocycles. The third kappa shape index (κ3) is 2.46. The smallest absolute Gasteiger partial charge is 0.109 e. The number of aromatic nitrogens is 1. The standard InChI is InChI=1S/C14H17N3S/c1-10(14-16-4-5-18-14)17-7-11-2-3-12-8-15-9-13(12)6-11/h2-6,10,15,17H,7-9H2,1H3. The second-order valence-electron chi connectivity index (χ2n) is 4.68. The van der Waals surface area contributed by atoms with Crippen molar-refractivity contribution in [1.29, 1.82) is 0 Å². The molecule has 1 aromatic carbocycles. The van der Waals surface area contributed by atoms with E-state index in [-0.39, 0.29) is 0 Å². The van der Waals surface area contributed by atoms with Crippen LogP contribution >= 0.6 is 11.3 Å². The first-order valence-corrected chi connectivity index (χ1v) is 7.15. The van der Waals surface area contributed by atoms with Gasteiger partial charge in [0.2, 0.25) is 0 Å². The fourth-order valence-electron chi connectivity index (χ4n) is 2.26. The summed E-state index contributed by atoms with van der Waals surface area (Å²) >= 11 is 1.70. The van der Waals surface area contributed by atoms with E-state index in [9.17, 15) is 0 Å². The highest BCUT2D eigenvalue weighted by Gasteiger charge is 2.11. The summed E-state index contributed by atoms with van der Waals surface area (Å²) in [4.78, 5) is 4.33. The van der Waals surface area contributed by atoms with Gasteiger partial charge in [0.25, 0.3) is 0 Å². The van der Waals surface area contributed by atoms with E-state index in [1.165, 1.54) is 16.7 Å². The molecule has 1 unspecified atom stereocenters. The minimum absolute atomic E-state index is 0.316. The van der Waals surface area contributed by atoms with Gasteiger partial charge in [0.15, 0.2) is 0 Å². The van der Waals surface area contributed by atoms with Crippen molar-refractivity contribution in [2.75, 3.05) is 0 Å². The molecule has 1 aliphatic heterocycles. The van der Waals surface area contributed by atoms with Gasteiger partial charge in [0.05, 0.1) is 6.04 Å². The first kappa shape index (κ1) is 11.8. The molecule has 0 fully saturated rings. The minimum atomic E-state index is 0.316. The van der Waals surface area contributed by atoms with Crippen LogP contribution in [0.5, 0.6) is 0 Å². The fraction of sp³-hybridized carbons (Fsp3) is 0.357. The van der Waals surface area contributed by atoms with Crippen LogP contribution in [-0.2, 0) is 19.6 Å². The predicted molar refractivity (Wildman–Crippen MR) is 74.4 cm³/mol. The molecule has 94 valence electrons. The van der Waals surface area contributed by atoms with E-state index in [1.807, 2.05) is 11.6 Å². The lowest BCUT2D eigenvalue weighted by Gasteiger charge is -2.11. The van der Waals surface area contributed by atoms with E-state index in [1.54, 1.807) is 11.3 Å². The number of fused-ring (bicyclic) bond motifs is 1. The van der Waals surface area contributed by atoms with E-state index in [4.69, 9.17) is 0 Å². The molecule has 4 heteroatoms. The Hall–Kier alpha value is -1.23. The Morgan fingerprint density at radius 3 is 3.11 bits per heavy atom. The Bertz CT molecular complexity index is 522. The molecule has 3 rings (SSSR count). The van der Waals surface area contributed by atoms with Crippen molar-refractivity contribution in [1.82, 2.24) is 15.6 Å². The van der Waals surface area contributed by atoms with Gasteiger partial charge < -0.3 is 10.6 Å². The molecule has 0 saturated carbocycles. The normalized spacial score (nSPS) is 15.6. The molecular formula is C14H17N3S. The van der Waals surface area contributed by atoms with Crippen molar-refractivity contribution < 1.29 is 0 Å². The summed E-state index contributed by atoms with van der Waals surface area (Å²) in [7, 11) is 0. The maximum Gasteiger partial charge on any atom is 0.109 e. The Balaban J connectivity index is 1.63. The maximum atomic E-state index is 4.33. The maximum absolute atomic E-state index is 4.33. The van der Waals surface area contributed by atoms with E-state index in [0.29, 0.717) is 6.04 Å².